The number of rotatable bonds is 4. The number of thiocarbonyl (C=S) groups is 1. The molecular formula is C18H15BrN4S2. The summed E-state index contributed by atoms with van der Waals surface area (Å²) >= 11 is 11.0. The quantitative estimate of drug-likeness (QED) is 0.618. The van der Waals surface area contributed by atoms with Gasteiger partial charge in [-0.15, -0.1) is 11.3 Å². The van der Waals surface area contributed by atoms with Crippen molar-refractivity contribution in [2.24, 2.45) is 0 Å². The number of hydrogen-bond acceptors (Lipinski definition) is 4. The zero-order valence-electron chi connectivity index (χ0n) is 13.2. The predicted molar refractivity (Wildman–Crippen MR) is 107 cm³/mol. The molecule has 1 aliphatic heterocycles. The van der Waals surface area contributed by atoms with Crippen LogP contribution in [0.15, 0.2) is 64.8 Å². The predicted octanol–water partition coefficient (Wildman–Crippen LogP) is 4.47. The van der Waals surface area contributed by atoms with E-state index in [0.29, 0.717) is 0 Å². The van der Waals surface area contributed by atoms with Crippen LogP contribution in [0.2, 0.25) is 0 Å². The Bertz CT molecular complexity index is 869. The van der Waals surface area contributed by atoms with E-state index in [2.05, 4.69) is 47.6 Å². The number of hydrogen-bond donors (Lipinski definition) is 1. The molecular weight excluding hydrogens is 416 g/mol. The number of thiophene rings is 1. The minimum Gasteiger partial charge on any atom is -0.352 e. The van der Waals surface area contributed by atoms with Crippen LogP contribution in [-0.4, -0.2) is 20.0 Å². The standard InChI is InChI=1S/C18H15BrN4S2/c19-13-9-15(25-11-13)17-16(14-3-1-2-6-21-14)22-18(24)23(17)10-12-4-7-20-8-5-12/h1-9,11,16-17H,10H2,(H,22,24)/t16-,17+/m1/s1. The molecule has 25 heavy (non-hydrogen) atoms. The Kier molecular flexibility index (Phi) is 4.78. The van der Waals surface area contributed by atoms with Gasteiger partial charge in [-0.25, -0.2) is 0 Å². The number of nitrogens with one attached hydrogen (secondary N) is 1. The summed E-state index contributed by atoms with van der Waals surface area (Å²) < 4.78 is 1.09. The Morgan fingerprint density at radius 2 is 2.04 bits per heavy atom. The normalized spacial score (nSPS) is 19.9. The Balaban J connectivity index is 1.72. The molecule has 4 rings (SSSR count). The van der Waals surface area contributed by atoms with Crippen LogP contribution >= 0.6 is 39.5 Å². The van der Waals surface area contributed by atoms with Crippen LogP contribution in [0.1, 0.15) is 28.2 Å². The molecule has 3 aromatic rings. The zero-order chi connectivity index (χ0) is 17.2. The largest absolute Gasteiger partial charge is 0.352 e. The van der Waals surface area contributed by atoms with Crippen molar-refractivity contribution >= 4 is 44.6 Å². The van der Waals surface area contributed by atoms with Gasteiger partial charge >= 0.3 is 0 Å². The first-order valence-electron chi connectivity index (χ1n) is 7.83. The number of pyridine rings is 2. The van der Waals surface area contributed by atoms with E-state index < -0.39 is 0 Å². The highest BCUT2D eigenvalue weighted by Crippen LogP contribution is 2.42. The van der Waals surface area contributed by atoms with Crippen LogP contribution in [0.4, 0.5) is 0 Å². The minimum atomic E-state index is 0.0288. The van der Waals surface area contributed by atoms with Gasteiger partial charge in [-0.2, -0.15) is 0 Å². The molecule has 3 aromatic heterocycles. The first-order valence-corrected chi connectivity index (χ1v) is 9.91. The highest BCUT2D eigenvalue weighted by atomic mass is 79.9. The molecule has 1 aliphatic rings. The van der Waals surface area contributed by atoms with Crippen molar-refractivity contribution in [3.05, 3.63) is 81.0 Å². The third kappa shape index (κ3) is 3.44. The summed E-state index contributed by atoms with van der Waals surface area (Å²) in [6.07, 6.45) is 5.46. The van der Waals surface area contributed by atoms with E-state index in [1.807, 2.05) is 48.9 Å². The van der Waals surface area contributed by atoms with Crippen LogP contribution in [0.25, 0.3) is 0 Å². The molecule has 0 bridgehead atoms. The number of nitrogens with zero attached hydrogens (tertiary/aromatic N) is 3. The molecule has 0 aromatic carbocycles. The Labute approximate surface area is 164 Å². The average Bonchev–Trinajstić information content (AvgIpc) is 3.20. The van der Waals surface area contributed by atoms with E-state index in [9.17, 15) is 0 Å². The molecule has 2 atom stereocenters. The van der Waals surface area contributed by atoms with E-state index in [1.54, 1.807) is 11.3 Å². The van der Waals surface area contributed by atoms with Crippen LogP contribution in [0, 0.1) is 0 Å². The minimum absolute atomic E-state index is 0.0288. The Morgan fingerprint density at radius 1 is 1.20 bits per heavy atom. The van der Waals surface area contributed by atoms with Crippen molar-refractivity contribution in [2.75, 3.05) is 0 Å². The third-order valence-electron chi connectivity index (χ3n) is 4.18. The van der Waals surface area contributed by atoms with Crippen molar-refractivity contribution in [3.8, 4) is 0 Å². The van der Waals surface area contributed by atoms with E-state index in [4.69, 9.17) is 12.2 Å². The summed E-state index contributed by atoms with van der Waals surface area (Å²) in [6.45, 7) is 0.734. The van der Waals surface area contributed by atoms with Gasteiger partial charge in [-0.3, -0.25) is 9.97 Å². The van der Waals surface area contributed by atoms with Crippen molar-refractivity contribution in [2.45, 2.75) is 18.6 Å². The van der Waals surface area contributed by atoms with E-state index in [0.717, 1.165) is 21.8 Å². The van der Waals surface area contributed by atoms with Crippen LogP contribution in [0.3, 0.4) is 0 Å². The van der Waals surface area contributed by atoms with Gasteiger partial charge in [0.2, 0.25) is 0 Å². The van der Waals surface area contributed by atoms with Gasteiger partial charge < -0.3 is 10.2 Å². The van der Waals surface area contributed by atoms with Gasteiger partial charge in [0.05, 0.1) is 17.8 Å². The molecule has 126 valence electrons. The molecule has 0 spiro atoms. The SMILES string of the molecule is S=C1N[C@H](c2ccccn2)[C@H](c2cc(Br)cs2)N1Cc1ccncc1. The summed E-state index contributed by atoms with van der Waals surface area (Å²) in [5.74, 6) is 0. The maximum Gasteiger partial charge on any atom is 0.170 e. The highest BCUT2D eigenvalue weighted by Gasteiger charge is 2.40. The van der Waals surface area contributed by atoms with Gasteiger partial charge in [-0.05, 0) is 64.0 Å². The summed E-state index contributed by atoms with van der Waals surface area (Å²) in [5, 5.41) is 6.33. The number of aromatic nitrogens is 2. The van der Waals surface area contributed by atoms with Gasteiger partial charge in [0.1, 0.15) is 0 Å². The Morgan fingerprint density at radius 3 is 2.72 bits per heavy atom. The Hall–Kier alpha value is -1.83. The molecule has 0 amide bonds. The van der Waals surface area contributed by atoms with Crippen molar-refractivity contribution < 1.29 is 0 Å². The van der Waals surface area contributed by atoms with E-state index in [-0.39, 0.29) is 12.1 Å². The maximum absolute atomic E-state index is 5.66. The van der Waals surface area contributed by atoms with Gasteiger partial charge in [-0.1, -0.05) is 6.07 Å². The summed E-state index contributed by atoms with van der Waals surface area (Å²) in [6, 6.07) is 12.3. The molecule has 0 saturated carbocycles. The summed E-state index contributed by atoms with van der Waals surface area (Å²) in [5.41, 5.74) is 2.18. The molecule has 1 saturated heterocycles. The average molecular weight is 431 g/mol. The topological polar surface area (TPSA) is 41.1 Å². The van der Waals surface area contributed by atoms with Crippen LogP contribution in [-0.2, 0) is 6.54 Å². The summed E-state index contributed by atoms with van der Waals surface area (Å²) in [7, 11) is 0. The molecule has 1 fully saturated rings. The first-order chi connectivity index (χ1) is 12.2. The lowest BCUT2D eigenvalue weighted by atomic mass is 10.0. The summed E-state index contributed by atoms with van der Waals surface area (Å²) in [4.78, 5) is 12.1. The second-order valence-electron chi connectivity index (χ2n) is 5.78. The van der Waals surface area contributed by atoms with Gasteiger partial charge in [0, 0.05) is 39.9 Å². The lowest BCUT2D eigenvalue weighted by molar-refractivity contribution is 0.315. The monoisotopic (exact) mass is 430 g/mol. The molecule has 4 heterocycles. The molecule has 4 nitrogen and oxygen atoms in total. The molecule has 1 N–H and O–H groups in total. The van der Waals surface area contributed by atoms with Gasteiger partial charge in [0.25, 0.3) is 0 Å². The number of halogens is 1. The van der Waals surface area contributed by atoms with Crippen molar-refractivity contribution in [3.63, 3.8) is 0 Å². The molecule has 0 aliphatic carbocycles. The molecule has 7 heteroatoms. The van der Waals surface area contributed by atoms with Crippen LogP contribution in [0.5, 0.6) is 0 Å². The highest BCUT2D eigenvalue weighted by molar-refractivity contribution is 9.10. The third-order valence-corrected chi connectivity index (χ3v) is 6.30. The van der Waals surface area contributed by atoms with Crippen LogP contribution < -0.4 is 5.32 Å². The van der Waals surface area contributed by atoms with Gasteiger partial charge in [0.15, 0.2) is 5.11 Å². The maximum atomic E-state index is 5.66. The zero-order valence-corrected chi connectivity index (χ0v) is 16.4. The fourth-order valence-electron chi connectivity index (χ4n) is 3.05. The van der Waals surface area contributed by atoms with Crippen molar-refractivity contribution in [1.29, 1.82) is 0 Å². The van der Waals surface area contributed by atoms with Crippen molar-refractivity contribution in [1.82, 2.24) is 20.2 Å². The fraction of sp³-hybridized carbons (Fsp3) is 0.167. The van der Waals surface area contributed by atoms with E-state index in [1.165, 1.54) is 10.4 Å². The van der Waals surface area contributed by atoms with E-state index >= 15 is 0 Å². The second-order valence-corrected chi connectivity index (χ2v) is 8.02. The first kappa shape index (κ1) is 16.6. The second kappa shape index (κ2) is 7.19. The lowest BCUT2D eigenvalue weighted by Crippen LogP contribution is -2.28. The molecule has 0 radical (unpaired) electrons. The smallest absolute Gasteiger partial charge is 0.170 e. The molecule has 0 unspecified atom stereocenters. The fourth-order valence-corrected chi connectivity index (χ4v) is 4.95. The lowest BCUT2D eigenvalue weighted by Gasteiger charge is -2.26.